The molecule has 0 aliphatic carbocycles. The predicted molar refractivity (Wildman–Crippen MR) is 87.9 cm³/mol. The molecule has 1 saturated heterocycles. The van der Waals surface area contributed by atoms with Crippen LogP contribution < -0.4 is 0 Å². The summed E-state index contributed by atoms with van der Waals surface area (Å²) < 4.78 is 0. The number of amides is 2. The van der Waals surface area contributed by atoms with E-state index in [1.54, 1.807) is 16.7 Å². The maximum atomic E-state index is 12.7. The van der Waals surface area contributed by atoms with E-state index < -0.39 is 12.0 Å². The maximum absolute atomic E-state index is 12.7. The third kappa shape index (κ3) is 3.39. The zero-order chi connectivity index (χ0) is 17.9. The van der Waals surface area contributed by atoms with E-state index in [-0.39, 0.29) is 23.1 Å². The molecule has 24 heavy (non-hydrogen) atoms. The number of nitrogens with zero attached hydrogens (tertiary/aromatic N) is 3. The zero-order valence-corrected chi connectivity index (χ0v) is 14.3. The van der Waals surface area contributed by atoms with Gasteiger partial charge in [-0.15, -0.1) is 0 Å². The molecule has 1 fully saturated rings. The van der Waals surface area contributed by atoms with Crippen LogP contribution in [0.3, 0.4) is 0 Å². The fourth-order valence-corrected chi connectivity index (χ4v) is 3.07. The number of carbonyl (C=O) groups is 3. The van der Waals surface area contributed by atoms with Crippen LogP contribution in [0.1, 0.15) is 53.2 Å². The van der Waals surface area contributed by atoms with Crippen molar-refractivity contribution in [2.75, 3.05) is 19.6 Å². The molecule has 7 nitrogen and oxygen atoms in total. The van der Waals surface area contributed by atoms with Crippen molar-refractivity contribution in [3.63, 3.8) is 0 Å². The fourth-order valence-electron chi connectivity index (χ4n) is 3.07. The van der Waals surface area contributed by atoms with Crippen molar-refractivity contribution in [1.82, 2.24) is 14.8 Å². The van der Waals surface area contributed by atoms with Gasteiger partial charge in [0.1, 0.15) is 11.7 Å². The third-order valence-electron chi connectivity index (χ3n) is 4.41. The fraction of sp³-hybridized carbons (Fsp3) is 0.529. The number of pyridine rings is 1. The molecule has 1 aromatic rings. The Hall–Kier alpha value is -2.44. The number of hydrogen-bond donors (Lipinski definition) is 1. The van der Waals surface area contributed by atoms with Crippen LogP contribution in [0.4, 0.5) is 0 Å². The summed E-state index contributed by atoms with van der Waals surface area (Å²) in [6.07, 6.45) is 1.42. The number of aromatic carboxylic acids is 1. The average molecular weight is 333 g/mol. The van der Waals surface area contributed by atoms with Crippen molar-refractivity contribution in [3.05, 3.63) is 29.1 Å². The maximum Gasteiger partial charge on any atom is 0.337 e. The second-order valence-corrected chi connectivity index (χ2v) is 5.80. The van der Waals surface area contributed by atoms with Gasteiger partial charge in [0.15, 0.2) is 0 Å². The molecule has 1 unspecified atom stereocenters. The zero-order valence-electron chi connectivity index (χ0n) is 14.3. The summed E-state index contributed by atoms with van der Waals surface area (Å²) in [5.41, 5.74) is 0.541. The molecule has 130 valence electrons. The van der Waals surface area contributed by atoms with Gasteiger partial charge in [0.05, 0.1) is 11.3 Å². The molecule has 0 bridgehead atoms. The minimum atomic E-state index is -1.07. The van der Waals surface area contributed by atoms with Crippen LogP contribution in [0, 0.1) is 6.92 Å². The highest BCUT2D eigenvalue weighted by Crippen LogP contribution is 2.22. The number of likely N-dealkylation sites (N-methyl/N-ethyl adjacent to an activating group) is 1. The topological polar surface area (TPSA) is 90.8 Å². The molecule has 2 rings (SSSR count). The first-order valence-electron chi connectivity index (χ1n) is 8.21. The van der Waals surface area contributed by atoms with Gasteiger partial charge in [-0.2, -0.15) is 0 Å². The highest BCUT2D eigenvalue weighted by molar-refractivity contribution is 5.97. The summed E-state index contributed by atoms with van der Waals surface area (Å²) >= 11 is 0. The summed E-state index contributed by atoms with van der Waals surface area (Å²) in [4.78, 5) is 43.8. The molecule has 0 aromatic carbocycles. The average Bonchev–Trinajstić information content (AvgIpc) is 3.04. The SMILES string of the molecule is CCN(CC)C(=O)C1CCCN1C(=O)c1ccc(C(=O)O)c(C)n1. The molecule has 1 N–H and O–H groups in total. The van der Waals surface area contributed by atoms with Crippen LogP contribution in [-0.2, 0) is 4.79 Å². The monoisotopic (exact) mass is 333 g/mol. The molecule has 0 saturated carbocycles. The van der Waals surface area contributed by atoms with Gasteiger partial charge in [0.2, 0.25) is 5.91 Å². The molecule has 1 aromatic heterocycles. The second kappa shape index (κ2) is 7.42. The van der Waals surface area contributed by atoms with Gasteiger partial charge in [-0.05, 0) is 45.7 Å². The third-order valence-corrected chi connectivity index (χ3v) is 4.41. The lowest BCUT2D eigenvalue weighted by molar-refractivity contribution is -0.134. The summed E-state index contributed by atoms with van der Waals surface area (Å²) in [6.45, 7) is 7.12. The summed E-state index contributed by atoms with van der Waals surface area (Å²) in [6, 6.07) is 2.34. The molecule has 2 amide bonds. The van der Waals surface area contributed by atoms with Gasteiger partial charge in [-0.1, -0.05) is 0 Å². The second-order valence-electron chi connectivity index (χ2n) is 5.80. The number of hydrogen-bond acceptors (Lipinski definition) is 4. The van der Waals surface area contributed by atoms with Crippen LogP contribution in [0.2, 0.25) is 0 Å². The standard InChI is InChI=1S/C17H23N3O4/c1-4-19(5-2)16(22)14-7-6-10-20(14)15(21)13-9-8-12(17(23)24)11(3)18-13/h8-9,14H,4-7,10H2,1-3H3,(H,23,24). The van der Waals surface area contributed by atoms with Crippen LogP contribution in [-0.4, -0.2) is 63.4 Å². The van der Waals surface area contributed by atoms with Gasteiger partial charge in [-0.3, -0.25) is 9.59 Å². The Kier molecular flexibility index (Phi) is 5.54. The first-order valence-corrected chi connectivity index (χ1v) is 8.21. The van der Waals surface area contributed by atoms with E-state index in [1.165, 1.54) is 12.1 Å². The van der Waals surface area contributed by atoms with E-state index in [1.807, 2.05) is 13.8 Å². The minimum Gasteiger partial charge on any atom is -0.478 e. The number of aryl methyl sites for hydroxylation is 1. The van der Waals surface area contributed by atoms with Gasteiger partial charge in [-0.25, -0.2) is 9.78 Å². The van der Waals surface area contributed by atoms with E-state index in [9.17, 15) is 14.4 Å². The Morgan fingerprint density at radius 1 is 1.29 bits per heavy atom. The highest BCUT2D eigenvalue weighted by atomic mass is 16.4. The van der Waals surface area contributed by atoms with E-state index in [4.69, 9.17) is 5.11 Å². The molecule has 1 aliphatic rings. The van der Waals surface area contributed by atoms with Crippen LogP contribution in [0.15, 0.2) is 12.1 Å². The normalized spacial score (nSPS) is 17.0. The van der Waals surface area contributed by atoms with Gasteiger partial charge in [0, 0.05) is 19.6 Å². The minimum absolute atomic E-state index is 0.0373. The van der Waals surface area contributed by atoms with Crippen molar-refractivity contribution in [2.45, 2.75) is 39.7 Å². The van der Waals surface area contributed by atoms with Crippen molar-refractivity contribution in [3.8, 4) is 0 Å². The lowest BCUT2D eigenvalue weighted by atomic mass is 10.1. The molecule has 1 atom stereocenters. The van der Waals surface area contributed by atoms with Crippen LogP contribution in [0.25, 0.3) is 0 Å². The number of carboxylic acids is 1. The Labute approximate surface area is 141 Å². The van der Waals surface area contributed by atoms with Crippen molar-refractivity contribution >= 4 is 17.8 Å². The van der Waals surface area contributed by atoms with Crippen molar-refractivity contribution in [1.29, 1.82) is 0 Å². The Morgan fingerprint density at radius 2 is 1.96 bits per heavy atom. The molecule has 1 aliphatic heterocycles. The Bertz CT molecular complexity index is 655. The van der Waals surface area contributed by atoms with Crippen LogP contribution >= 0.6 is 0 Å². The lowest BCUT2D eigenvalue weighted by Crippen LogP contribution is -2.47. The number of carboxylic acid groups (broad SMARTS) is 1. The quantitative estimate of drug-likeness (QED) is 0.883. The smallest absolute Gasteiger partial charge is 0.337 e. The van der Waals surface area contributed by atoms with Crippen molar-refractivity contribution in [2.24, 2.45) is 0 Å². The largest absolute Gasteiger partial charge is 0.478 e. The van der Waals surface area contributed by atoms with Crippen LogP contribution in [0.5, 0.6) is 0 Å². The van der Waals surface area contributed by atoms with Gasteiger partial charge >= 0.3 is 5.97 Å². The van der Waals surface area contributed by atoms with Gasteiger partial charge < -0.3 is 14.9 Å². The van der Waals surface area contributed by atoms with Gasteiger partial charge in [0.25, 0.3) is 5.91 Å². The molecule has 0 radical (unpaired) electrons. The summed E-state index contributed by atoms with van der Waals surface area (Å²) in [7, 11) is 0. The van der Waals surface area contributed by atoms with E-state index in [0.717, 1.165) is 6.42 Å². The first kappa shape index (κ1) is 17.9. The van der Waals surface area contributed by atoms with E-state index in [0.29, 0.717) is 31.7 Å². The molecule has 7 heteroatoms. The first-order chi connectivity index (χ1) is 11.4. The van der Waals surface area contributed by atoms with Crippen molar-refractivity contribution < 1.29 is 19.5 Å². The Morgan fingerprint density at radius 3 is 2.50 bits per heavy atom. The molecular weight excluding hydrogens is 310 g/mol. The molecule has 2 heterocycles. The van der Waals surface area contributed by atoms with E-state index in [2.05, 4.69) is 4.98 Å². The number of likely N-dealkylation sites (tertiary alicyclic amines) is 1. The van der Waals surface area contributed by atoms with E-state index >= 15 is 0 Å². The number of carbonyl (C=O) groups excluding carboxylic acids is 2. The summed E-state index contributed by atoms with van der Waals surface area (Å²) in [5, 5.41) is 9.05. The predicted octanol–water partition coefficient (Wildman–Crippen LogP) is 1.56. The lowest BCUT2D eigenvalue weighted by Gasteiger charge is -2.28. The molecule has 0 spiro atoms. The Balaban J connectivity index is 2.23. The molecular formula is C17H23N3O4. The number of rotatable bonds is 5. The number of aromatic nitrogens is 1. The summed E-state index contributed by atoms with van der Waals surface area (Å²) in [5.74, 6) is -1.43. The highest BCUT2D eigenvalue weighted by Gasteiger charge is 2.36.